The summed E-state index contributed by atoms with van der Waals surface area (Å²) in [6, 6.07) is 24.7. The van der Waals surface area contributed by atoms with Crippen molar-refractivity contribution >= 4 is 12.1 Å². The summed E-state index contributed by atoms with van der Waals surface area (Å²) >= 11 is 0. The van der Waals surface area contributed by atoms with Crippen molar-refractivity contribution in [3.05, 3.63) is 95.6 Å². The Morgan fingerprint density at radius 2 is 1.45 bits per heavy atom. The van der Waals surface area contributed by atoms with E-state index in [1.165, 1.54) is 4.90 Å². The van der Waals surface area contributed by atoms with Crippen molar-refractivity contribution in [3.63, 3.8) is 0 Å². The molecule has 0 saturated carbocycles. The second-order valence-electron chi connectivity index (χ2n) is 8.45. The van der Waals surface area contributed by atoms with Crippen molar-refractivity contribution in [3.8, 4) is 11.1 Å². The summed E-state index contributed by atoms with van der Waals surface area (Å²) in [7, 11) is 0. The lowest BCUT2D eigenvalue weighted by Crippen LogP contribution is -2.42. The lowest BCUT2D eigenvalue weighted by Gasteiger charge is -2.23. The predicted molar refractivity (Wildman–Crippen MR) is 122 cm³/mol. The second-order valence-corrected chi connectivity index (χ2v) is 8.45. The Kier molecular flexibility index (Phi) is 5.84. The molecule has 168 valence electrons. The van der Waals surface area contributed by atoms with Gasteiger partial charge in [0.05, 0.1) is 12.6 Å². The molecule has 1 fully saturated rings. The standard InChI is InChI=1S/C27H25NO5/c29-19-14-25(26(30)32-16-18-8-2-1-3-9-18)28(15-19)27(31)33-17-24-22-12-6-4-10-20(22)21-11-5-7-13-23(21)24/h1-13,19,24-25,29H,14-17H2/t19-,25+/m1/s1. The summed E-state index contributed by atoms with van der Waals surface area (Å²) in [6.07, 6.45) is -1.27. The Morgan fingerprint density at radius 1 is 0.848 bits per heavy atom. The van der Waals surface area contributed by atoms with Gasteiger partial charge < -0.3 is 14.6 Å². The van der Waals surface area contributed by atoms with Crippen molar-refractivity contribution in [2.75, 3.05) is 13.2 Å². The zero-order valence-electron chi connectivity index (χ0n) is 18.1. The predicted octanol–water partition coefficient (Wildman–Crippen LogP) is 4.11. The van der Waals surface area contributed by atoms with Gasteiger partial charge in [-0.25, -0.2) is 9.59 Å². The Labute approximate surface area is 192 Å². The molecule has 3 aromatic rings. The highest BCUT2D eigenvalue weighted by atomic mass is 16.6. The van der Waals surface area contributed by atoms with E-state index in [1.54, 1.807) is 0 Å². The van der Waals surface area contributed by atoms with Crippen LogP contribution in [0.5, 0.6) is 0 Å². The molecule has 0 aromatic heterocycles. The van der Waals surface area contributed by atoms with Gasteiger partial charge in [-0.05, 0) is 27.8 Å². The van der Waals surface area contributed by atoms with E-state index in [2.05, 4.69) is 24.3 Å². The van der Waals surface area contributed by atoms with Crippen molar-refractivity contribution in [1.29, 1.82) is 0 Å². The minimum absolute atomic E-state index is 0.0434. The van der Waals surface area contributed by atoms with Gasteiger partial charge >= 0.3 is 12.1 Å². The van der Waals surface area contributed by atoms with Crippen molar-refractivity contribution in [2.45, 2.75) is 31.1 Å². The summed E-state index contributed by atoms with van der Waals surface area (Å²) < 4.78 is 11.1. The zero-order valence-corrected chi connectivity index (χ0v) is 18.1. The number of hydrogen-bond donors (Lipinski definition) is 1. The van der Waals surface area contributed by atoms with Crippen LogP contribution in [-0.4, -0.2) is 47.4 Å². The molecule has 6 nitrogen and oxygen atoms in total. The summed E-state index contributed by atoms with van der Waals surface area (Å²) in [5, 5.41) is 10.1. The maximum Gasteiger partial charge on any atom is 0.410 e. The smallest absolute Gasteiger partial charge is 0.410 e. The maximum absolute atomic E-state index is 12.9. The molecule has 2 atom stereocenters. The minimum Gasteiger partial charge on any atom is -0.459 e. The third-order valence-corrected chi connectivity index (χ3v) is 6.35. The van der Waals surface area contributed by atoms with Gasteiger partial charge in [0.1, 0.15) is 19.3 Å². The maximum atomic E-state index is 12.9. The fraction of sp³-hybridized carbons (Fsp3) is 0.259. The third-order valence-electron chi connectivity index (χ3n) is 6.35. The number of aliphatic hydroxyl groups excluding tert-OH is 1. The number of ether oxygens (including phenoxy) is 2. The number of carbonyl (C=O) groups is 2. The van der Waals surface area contributed by atoms with Crippen LogP contribution >= 0.6 is 0 Å². The number of hydrogen-bond acceptors (Lipinski definition) is 5. The topological polar surface area (TPSA) is 76.1 Å². The summed E-state index contributed by atoms with van der Waals surface area (Å²) in [4.78, 5) is 26.9. The summed E-state index contributed by atoms with van der Waals surface area (Å²) in [5.74, 6) is -0.610. The molecule has 1 heterocycles. The van der Waals surface area contributed by atoms with Crippen molar-refractivity contribution < 1.29 is 24.2 Å². The second kappa shape index (κ2) is 9.08. The van der Waals surface area contributed by atoms with E-state index in [4.69, 9.17) is 9.47 Å². The summed E-state index contributed by atoms with van der Waals surface area (Å²) in [5.41, 5.74) is 5.39. The van der Waals surface area contributed by atoms with Gasteiger partial charge in [0.25, 0.3) is 0 Å². The van der Waals surface area contributed by atoms with Gasteiger partial charge in [0, 0.05) is 12.3 Å². The third kappa shape index (κ3) is 4.22. The van der Waals surface area contributed by atoms with E-state index >= 15 is 0 Å². The van der Waals surface area contributed by atoms with Crippen LogP contribution in [0, 0.1) is 0 Å². The number of likely N-dealkylation sites (tertiary alicyclic amines) is 1. The van der Waals surface area contributed by atoms with Crippen LogP contribution in [0.1, 0.15) is 29.0 Å². The number of esters is 1. The van der Waals surface area contributed by atoms with Crippen LogP contribution in [0.25, 0.3) is 11.1 Å². The molecule has 1 amide bonds. The van der Waals surface area contributed by atoms with E-state index in [0.29, 0.717) is 0 Å². The van der Waals surface area contributed by atoms with Gasteiger partial charge in [-0.1, -0.05) is 78.9 Å². The molecule has 0 unspecified atom stereocenters. The highest BCUT2D eigenvalue weighted by Crippen LogP contribution is 2.44. The zero-order chi connectivity index (χ0) is 22.8. The Bertz CT molecular complexity index is 1120. The number of carbonyl (C=O) groups excluding carboxylic acids is 2. The molecule has 2 aliphatic rings. The first-order valence-corrected chi connectivity index (χ1v) is 11.1. The molecule has 0 spiro atoms. The van der Waals surface area contributed by atoms with E-state index in [0.717, 1.165) is 27.8 Å². The number of aliphatic hydroxyl groups is 1. The van der Waals surface area contributed by atoms with Crippen LogP contribution in [-0.2, 0) is 20.9 Å². The van der Waals surface area contributed by atoms with E-state index in [1.807, 2.05) is 54.6 Å². The van der Waals surface area contributed by atoms with Crippen LogP contribution in [0.15, 0.2) is 78.9 Å². The largest absolute Gasteiger partial charge is 0.459 e. The highest BCUT2D eigenvalue weighted by Gasteiger charge is 2.41. The quantitative estimate of drug-likeness (QED) is 0.601. The van der Waals surface area contributed by atoms with Gasteiger partial charge in [-0.2, -0.15) is 0 Å². The number of rotatable bonds is 5. The number of amides is 1. The molecule has 33 heavy (non-hydrogen) atoms. The lowest BCUT2D eigenvalue weighted by atomic mass is 9.98. The van der Waals surface area contributed by atoms with Crippen LogP contribution in [0.4, 0.5) is 4.79 Å². The fourth-order valence-corrected chi connectivity index (χ4v) is 4.74. The van der Waals surface area contributed by atoms with E-state index < -0.39 is 24.2 Å². The van der Waals surface area contributed by atoms with Gasteiger partial charge in [0.15, 0.2) is 0 Å². The number of fused-ring (bicyclic) bond motifs is 3. The molecule has 1 saturated heterocycles. The van der Waals surface area contributed by atoms with Gasteiger partial charge in [-0.3, -0.25) is 4.90 Å². The molecule has 6 heteroatoms. The molecule has 0 radical (unpaired) electrons. The first-order chi connectivity index (χ1) is 16.1. The highest BCUT2D eigenvalue weighted by molar-refractivity contribution is 5.83. The molecule has 3 aromatic carbocycles. The Hall–Kier alpha value is -3.64. The van der Waals surface area contributed by atoms with Crippen molar-refractivity contribution in [2.24, 2.45) is 0 Å². The Morgan fingerprint density at radius 3 is 2.12 bits per heavy atom. The van der Waals surface area contributed by atoms with E-state index in [9.17, 15) is 14.7 Å². The van der Waals surface area contributed by atoms with Crippen LogP contribution in [0.2, 0.25) is 0 Å². The number of nitrogens with zero attached hydrogens (tertiary/aromatic N) is 1. The monoisotopic (exact) mass is 443 g/mol. The normalized spacial score (nSPS) is 19.1. The number of β-amino-alcohol motifs (C(OH)–C–C–N with tert-alkyl or cyclic N) is 1. The molecule has 1 aliphatic heterocycles. The average molecular weight is 443 g/mol. The Balaban J connectivity index is 1.26. The average Bonchev–Trinajstić information content (AvgIpc) is 3.40. The van der Waals surface area contributed by atoms with Gasteiger partial charge in [0.2, 0.25) is 0 Å². The minimum atomic E-state index is -0.862. The van der Waals surface area contributed by atoms with E-state index in [-0.39, 0.29) is 32.1 Å². The number of benzene rings is 3. The summed E-state index contributed by atoms with van der Waals surface area (Å²) in [6.45, 7) is 0.317. The molecular weight excluding hydrogens is 418 g/mol. The fourth-order valence-electron chi connectivity index (χ4n) is 4.74. The molecule has 1 aliphatic carbocycles. The molecule has 1 N–H and O–H groups in total. The SMILES string of the molecule is O=C(OCc1ccccc1)[C@@H]1C[C@@H](O)CN1C(=O)OCC1c2ccccc2-c2ccccc21. The van der Waals surface area contributed by atoms with Crippen LogP contribution in [0.3, 0.4) is 0 Å². The van der Waals surface area contributed by atoms with Gasteiger partial charge in [-0.15, -0.1) is 0 Å². The van der Waals surface area contributed by atoms with Crippen molar-refractivity contribution in [1.82, 2.24) is 4.90 Å². The first-order valence-electron chi connectivity index (χ1n) is 11.1. The first kappa shape index (κ1) is 21.2. The lowest BCUT2D eigenvalue weighted by molar-refractivity contribution is -0.149. The van der Waals surface area contributed by atoms with Crippen LogP contribution < -0.4 is 0 Å². The molecule has 5 rings (SSSR count). The molecule has 0 bridgehead atoms. The molecular formula is C27H25NO5.